The number of hydrogen-bond acceptors (Lipinski definition) is 6. The number of carbonyl (C=O) groups is 2. The van der Waals surface area contributed by atoms with Crippen LogP contribution in [0.15, 0.2) is 18.7 Å². The summed E-state index contributed by atoms with van der Waals surface area (Å²) in [5, 5.41) is 11.1. The zero-order valence-corrected chi connectivity index (χ0v) is 11.8. The second-order valence-corrected chi connectivity index (χ2v) is 3.83. The lowest BCUT2D eigenvalue weighted by molar-refractivity contribution is -0.385. The molecule has 0 atom stereocenters. The van der Waals surface area contributed by atoms with Crippen molar-refractivity contribution in [2.24, 2.45) is 0 Å². The molecular formula is C14H15NO6. The molecule has 7 nitrogen and oxygen atoms in total. The first-order chi connectivity index (χ1) is 9.97. The van der Waals surface area contributed by atoms with Gasteiger partial charge in [0.05, 0.1) is 23.7 Å². The Morgan fingerprint density at radius 3 is 2.14 bits per heavy atom. The fourth-order valence-electron chi connectivity index (χ4n) is 1.76. The van der Waals surface area contributed by atoms with Crippen molar-refractivity contribution in [1.29, 1.82) is 0 Å². The van der Waals surface area contributed by atoms with E-state index in [4.69, 9.17) is 9.47 Å². The standard InChI is InChI=1S/C14H15NO6/c1-4-9-7-8-10(15(18)19)12(14(17)21-6-3)11(9)13(16)20-5-2/h4,7-8H,1,5-6H2,2-3H3. The molecule has 0 fully saturated rings. The maximum Gasteiger partial charge on any atom is 0.346 e. The van der Waals surface area contributed by atoms with Gasteiger partial charge in [-0.2, -0.15) is 0 Å². The van der Waals surface area contributed by atoms with Crippen LogP contribution in [-0.4, -0.2) is 30.1 Å². The largest absolute Gasteiger partial charge is 0.462 e. The topological polar surface area (TPSA) is 95.7 Å². The Balaban J connectivity index is 3.64. The quantitative estimate of drug-likeness (QED) is 0.454. The predicted molar refractivity (Wildman–Crippen MR) is 75.1 cm³/mol. The number of nitro benzene ring substituents is 1. The average Bonchev–Trinajstić information content (AvgIpc) is 2.45. The molecule has 0 aliphatic carbocycles. The maximum atomic E-state index is 12.0. The molecule has 112 valence electrons. The zero-order valence-electron chi connectivity index (χ0n) is 11.8. The number of hydrogen-bond donors (Lipinski definition) is 0. The van der Waals surface area contributed by atoms with Crippen molar-refractivity contribution in [3.8, 4) is 0 Å². The van der Waals surface area contributed by atoms with E-state index in [0.29, 0.717) is 0 Å². The van der Waals surface area contributed by atoms with Crippen molar-refractivity contribution in [2.45, 2.75) is 13.8 Å². The smallest absolute Gasteiger partial charge is 0.346 e. The maximum absolute atomic E-state index is 12.0. The minimum absolute atomic E-state index is 0.0244. The Morgan fingerprint density at radius 1 is 1.19 bits per heavy atom. The van der Waals surface area contributed by atoms with Gasteiger partial charge >= 0.3 is 11.9 Å². The third-order valence-electron chi connectivity index (χ3n) is 2.59. The molecule has 0 bridgehead atoms. The molecular weight excluding hydrogens is 278 g/mol. The van der Waals surface area contributed by atoms with Crippen LogP contribution in [0.3, 0.4) is 0 Å². The van der Waals surface area contributed by atoms with E-state index in [1.54, 1.807) is 13.8 Å². The summed E-state index contributed by atoms with van der Waals surface area (Å²) in [4.78, 5) is 34.4. The first kappa shape index (κ1) is 16.4. The van der Waals surface area contributed by atoms with Crippen LogP contribution >= 0.6 is 0 Å². The second kappa shape index (κ2) is 7.18. The highest BCUT2D eigenvalue weighted by Crippen LogP contribution is 2.28. The van der Waals surface area contributed by atoms with E-state index in [1.807, 2.05) is 0 Å². The van der Waals surface area contributed by atoms with Crippen LogP contribution in [0.5, 0.6) is 0 Å². The average molecular weight is 293 g/mol. The molecule has 0 aliphatic heterocycles. The second-order valence-electron chi connectivity index (χ2n) is 3.83. The highest BCUT2D eigenvalue weighted by atomic mass is 16.6. The van der Waals surface area contributed by atoms with Crippen molar-refractivity contribution >= 4 is 23.7 Å². The normalized spacial score (nSPS) is 9.81. The van der Waals surface area contributed by atoms with Crippen LogP contribution in [0.1, 0.15) is 40.1 Å². The number of nitro groups is 1. The minimum Gasteiger partial charge on any atom is -0.462 e. The summed E-state index contributed by atoms with van der Waals surface area (Å²) in [5.74, 6) is -1.78. The molecule has 0 heterocycles. The van der Waals surface area contributed by atoms with Crippen molar-refractivity contribution in [3.05, 3.63) is 45.5 Å². The molecule has 0 aromatic heterocycles. The lowest BCUT2D eigenvalue weighted by Crippen LogP contribution is -2.17. The number of ether oxygens (including phenoxy) is 2. The van der Waals surface area contributed by atoms with Crippen molar-refractivity contribution in [2.75, 3.05) is 13.2 Å². The van der Waals surface area contributed by atoms with E-state index in [-0.39, 0.29) is 24.3 Å². The summed E-state index contributed by atoms with van der Waals surface area (Å²) in [6, 6.07) is 2.46. The van der Waals surface area contributed by atoms with Gasteiger partial charge < -0.3 is 9.47 Å². The molecule has 0 aliphatic rings. The fraction of sp³-hybridized carbons (Fsp3) is 0.286. The summed E-state index contributed by atoms with van der Waals surface area (Å²) >= 11 is 0. The summed E-state index contributed by atoms with van der Waals surface area (Å²) in [7, 11) is 0. The number of carbonyl (C=O) groups excluding carboxylic acids is 2. The van der Waals surface area contributed by atoms with E-state index >= 15 is 0 Å². The van der Waals surface area contributed by atoms with Crippen LogP contribution < -0.4 is 0 Å². The van der Waals surface area contributed by atoms with Crippen molar-refractivity contribution in [3.63, 3.8) is 0 Å². The lowest BCUT2D eigenvalue weighted by atomic mass is 9.99. The van der Waals surface area contributed by atoms with Gasteiger partial charge in [-0.25, -0.2) is 9.59 Å². The SMILES string of the molecule is C=Cc1ccc([N+](=O)[O-])c(C(=O)OCC)c1C(=O)OCC. The Hall–Kier alpha value is -2.70. The fourth-order valence-corrected chi connectivity index (χ4v) is 1.76. The number of nitrogens with zero attached hydrogens (tertiary/aromatic N) is 1. The van der Waals surface area contributed by atoms with Gasteiger partial charge in [0.15, 0.2) is 5.56 Å². The molecule has 0 saturated carbocycles. The lowest BCUT2D eigenvalue weighted by Gasteiger charge is -2.11. The molecule has 0 radical (unpaired) electrons. The van der Waals surface area contributed by atoms with Gasteiger partial charge in [-0.1, -0.05) is 12.7 Å². The van der Waals surface area contributed by atoms with E-state index < -0.39 is 28.1 Å². The molecule has 1 rings (SSSR count). The minimum atomic E-state index is -0.948. The van der Waals surface area contributed by atoms with Gasteiger partial charge in [0.2, 0.25) is 0 Å². The van der Waals surface area contributed by atoms with Gasteiger partial charge in [0.1, 0.15) is 0 Å². The van der Waals surface area contributed by atoms with E-state index in [1.165, 1.54) is 12.1 Å². The zero-order chi connectivity index (χ0) is 16.0. The summed E-state index contributed by atoms with van der Waals surface area (Å²) in [6.45, 7) is 6.77. The van der Waals surface area contributed by atoms with Crippen LogP contribution in [0, 0.1) is 10.1 Å². The number of benzene rings is 1. The summed E-state index contributed by atoms with van der Waals surface area (Å²) in [5.41, 5.74) is -0.874. The van der Waals surface area contributed by atoms with Crippen LogP contribution in [-0.2, 0) is 9.47 Å². The van der Waals surface area contributed by atoms with Gasteiger partial charge in [-0.15, -0.1) is 0 Å². The third kappa shape index (κ3) is 3.44. The molecule has 0 N–H and O–H groups in total. The van der Waals surface area contributed by atoms with Gasteiger partial charge in [0, 0.05) is 6.07 Å². The Labute approximate surface area is 121 Å². The van der Waals surface area contributed by atoms with E-state index in [0.717, 1.165) is 6.07 Å². The Kier molecular flexibility index (Phi) is 5.59. The van der Waals surface area contributed by atoms with E-state index in [2.05, 4.69) is 6.58 Å². The highest BCUT2D eigenvalue weighted by Gasteiger charge is 2.31. The molecule has 1 aromatic carbocycles. The number of rotatable bonds is 6. The molecule has 7 heteroatoms. The molecule has 0 unspecified atom stereocenters. The molecule has 0 saturated heterocycles. The number of esters is 2. The molecule has 21 heavy (non-hydrogen) atoms. The van der Waals surface area contributed by atoms with Gasteiger partial charge in [0.25, 0.3) is 5.69 Å². The van der Waals surface area contributed by atoms with E-state index in [9.17, 15) is 19.7 Å². The van der Waals surface area contributed by atoms with Crippen LogP contribution in [0.25, 0.3) is 6.08 Å². The van der Waals surface area contributed by atoms with Gasteiger partial charge in [-0.3, -0.25) is 10.1 Å². The first-order valence-electron chi connectivity index (χ1n) is 6.25. The Bertz CT molecular complexity index is 593. The van der Waals surface area contributed by atoms with Crippen LogP contribution in [0.4, 0.5) is 5.69 Å². The first-order valence-corrected chi connectivity index (χ1v) is 6.25. The highest BCUT2D eigenvalue weighted by molar-refractivity contribution is 6.08. The monoisotopic (exact) mass is 293 g/mol. The summed E-state index contributed by atoms with van der Waals surface area (Å²) in [6.07, 6.45) is 1.32. The Morgan fingerprint density at radius 2 is 1.71 bits per heavy atom. The van der Waals surface area contributed by atoms with Crippen molar-refractivity contribution in [1.82, 2.24) is 0 Å². The predicted octanol–water partition coefficient (Wildman–Crippen LogP) is 2.59. The molecule has 1 aromatic rings. The molecule has 0 spiro atoms. The van der Waals surface area contributed by atoms with Crippen molar-refractivity contribution < 1.29 is 24.0 Å². The summed E-state index contributed by atoms with van der Waals surface area (Å²) < 4.78 is 9.66. The molecule has 0 amide bonds. The van der Waals surface area contributed by atoms with Crippen LogP contribution in [0.2, 0.25) is 0 Å². The third-order valence-corrected chi connectivity index (χ3v) is 2.59. The van der Waals surface area contributed by atoms with Gasteiger partial charge in [-0.05, 0) is 25.5 Å².